The summed E-state index contributed by atoms with van der Waals surface area (Å²) in [5, 5.41) is 6.03. The second-order valence-electron chi connectivity index (χ2n) is 8.31. The van der Waals surface area contributed by atoms with Crippen LogP contribution in [0.15, 0.2) is 30.3 Å². The SMILES string of the molecule is COc1cc2c(cc1C1NCC1c1ccc(F)cc1Cl)C(=O)N(C1CCC(=O)NC1=O)C2. The summed E-state index contributed by atoms with van der Waals surface area (Å²) in [5.41, 5.74) is 2.93. The molecule has 3 amide bonds. The van der Waals surface area contributed by atoms with E-state index in [2.05, 4.69) is 10.6 Å². The van der Waals surface area contributed by atoms with E-state index >= 15 is 0 Å². The molecule has 5 rings (SSSR count). The van der Waals surface area contributed by atoms with Gasteiger partial charge in [0.15, 0.2) is 0 Å². The van der Waals surface area contributed by atoms with Crippen LogP contribution in [-0.4, -0.2) is 42.3 Å². The van der Waals surface area contributed by atoms with Gasteiger partial charge in [0.1, 0.15) is 17.6 Å². The molecule has 3 aliphatic heterocycles. The lowest BCUT2D eigenvalue weighted by atomic mass is 9.80. The van der Waals surface area contributed by atoms with E-state index in [1.54, 1.807) is 13.2 Å². The summed E-state index contributed by atoms with van der Waals surface area (Å²) in [6.45, 7) is 0.939. The number of rotatable bonds is 4. The van der Waals surface area contributed by atoms with Crippen LogP contribution in [0.4, 0.5) is 4.39 Å². The fourth-order valence-corrected chi connectivity index (χ4v) is 5.11. The highest BCUT2D eigenvalue weighted by atomic mass is 35.5. The molecule has 0 bridgehead atoms. The number of hydrogen-bond donors (Lipinski definition) is 2. The highest BCUT2D eigenvalue weighted by Crippen LogP contribution is 2.45. The summed E-state index contributed by atoms with van der Waals surface area (Å²) in [6, 6.07) is 7.18. The van der Waals surface area contributed by atoms with Gasteiger partial charge in [-0.3, -0.25) is 19.7 Å². The summed E-state index contributed by atoms with van der Waals surface area (Å²) in [7, 11) is 1.57. The molecule has 0 spiro atoms. The zero-order chi connectivity index (χ0) is 22.6. The van der Waals surface area contributed by atoms with Crippen LogP contribution in [0.2, 0.25) is 5.02 Å². The van der Waals surface area contributed by atoms with E-state index in [0.29, 0.717) is 29.3 Å². The van der Waals surface area contributed by atoms with Crippen LogP contribution in [0, 0.1) is 5.82 Å². The maximum Gasteiger partial charge on any atom is 0.255 e. The van der Waals surface area contributed by atoms with Gasteiger partial charge in [0.05, 0.1) is 7.11 Å². The minimum Gasteiger partial charge on any atom is -0.496 e. The number of halogens is 2. The average molecular weight is 458 g/mol. The third-order valence-corrected chi connectivity index (χ3v) is 6.86. The van der Waals surface area contributed by atoms with Crippen molar-refractivity contribution in [2.45, 2.75) is 37.4 Å². The molecule has 32 heavy (non-hydrogen) atoms. The van der Waals surface area contributed by atoms with Crippen molar-refractivity contribution < 1.29 is 23.5 Å². The Kier molecular flexibility index (Phi) is 5.14. The molecule has 3 aliphatic rings. The zero-order valence-electron chi connectivity index (χ0n) is 17.3. The number of benzene rings is 2. The number of nitrogens with one attached hydrogen (secondary N) is 2. The standard InChI is InChI=1S/C23H21ClFN3O4/c1-32-19-6-11-10-28(18-4-5-20(29)27-22(18)30)23(31)14(11)8-15(19)21-16(9-26-21)13-3-2-12(25)7-17(13)24/h2-3,6-8,16,18,21,26H,4-5,9-10H2,1H3,(H,27,29,30). The fourth-order valence-electron chi connectivity index (χ4n) is 4.80. The van der Waals surface area contributed by atoms with E-state index in [1.807, 2.05) is 12.1 Å². The molecule has 2 aromatic rings. The number of carbonyl (C=O) groups is 3. The lowest BCUT2D eigenvalue weighted by Gasteiger charge is -2.40. The zero-order valence-corrected chi connectivity index (χ0v) is 18.0. The van der Waals surface area contributed by atoms with Crippen molar-refractivity contribution >= 4 is 29.3 Å². The molecule has 2 saturated heterocycles. The number of methoxy groups -OCH3 is 1. The first kappa shape index (κ1) is 20.9. The minimum absolute atomic E-state index is 0.00204. The fraction of sp³-hybridized carbons (Fsp3) is 0.348. The number of carbonyl (C=O) groups excluding carboxylic acids is 3. The van der Waals surface area contributed by atoms with Gasteiger partial charge in [-0.25, -0.2) is 4.39 Å². The summed E-state index contributed by atoms with van der Waals surface area (Å²) in [5.74, 6) is -0.770. The molecule has 3 unspecified atom stereocenters. The lowest BCUT2D eigenvalue weighted by molar-refractivity contribution is -0.136. The molecular weight excluding hydrogens is 437 g/mol. The normalized spacial score (nSPS) is 24.8. The number of piperidine rings is 1. The van der Waals surface area contributed by atoms with Gasteiger partial charge in [0, 0.05) is 47.6 Å². The molecule has 0 radical (unpaired) electrons. The molecule has 2 fully saturated rings. The van der Waals surface area contributed by atoms with Crippen molar-refractivity contribution in [3.05, 3.63) is 63.4 Å². The number of imide groups is 1. The summed E-state index contributed by atoms with van der Waals surface area (Å²) in [6.07, 6.45) is 0.515. The number of fused-ring (bicyclic) bond motifs is 1. The number of amides is 3. The highest BCUT2D eigenvalue weighted by Gasteiger charge is 2.42. The second kappa shape index (κ2) is 7.86. The summed E-state index contributed by atoms with van der Waals surface area (Å²) >= 11 is 6.29. The third kappa shape index (κ3) is 3.34. The van der Waals surface area contributed by atoms with Gasteiger partial charge in [-0.1, -0.05) is 17.7 Å². The quantitative estimate of drug-likeness (QED) is 0.689. The number of nitrogens with zero attached hydrogens (tertiary/aromatic N) is 1. The molecule has 2 N–H and O–H groups in total. The van der Waals surface area contributed by atoms with Crippen LogP contribution in [-0.2, 0) is 16.1 Å². The van der Waals surface area contributed by atoms with Crippen LogP contribution < -0.4 is 15.4 Å². The number of hydrogen-bond acceptors (Lipinski definition) is 5. The molecule has 0 aromatic heterocycles. The smallest absolute Gasteiger partial charge is 0.255 e. The molecule has 7 nitrogen and oxygen atoms in total. The average Bonchev–Trinajstić information content (AvgIpc) is 3.04. The van der Waals surface area contributed by atoms with Crippen molar-refractivity contribution in [1.82, 2.24) is 15.5 Å². The molecule has 2 aromatic carbocycles. The van der Waals surface area contributed by atoms with Crippen LogP contribution >= 0.6 is 11.6 Å². The van der Waals surface area contributed by atoms with Crippen molar-refractivity contribution in [2.24, 2.45) is 0 Å². The van der Waals surface area contributed by atoms with Crippen LogP contribution in [0.3, 0.4) is 0 Å². The molecule has 0 saturated carbocycles. The minimum atomic E-state index is -0.672. The first-order valence-electron chi connectivity index (χ1n) is 10.4. The van der Waals surface area contributed by atoms with Crippen molar-refractivity contribution in [3.63, 3.8) is 0 Å². The molecule has 9 heteroatoms. The predicted octanol–water partition coefficient (Wildman–Crippen LogP) is 2.68. The largest absolute Gasteiger partial charge is 0.496 e. The Morgan fingerprint density at radius 3 is 2.62 bits per heavy atom. The third-order valence-electron chi connectivity index (χ3n) is 6.53. The second-order valence-corrected chi connectivity index (χ2v) is 8.72. The lowest BCUT2D eigenvalue weighted by Crippen LogP contribution is -2.52. The van der Waals surface area contributed by atoms with Gasteiger partial charge >= 0.3 is 0 Å². The number of ether oxygens (including phenoxy) is 1. The summed E-state index contributed by atoms with van der Waals surface area (Å²) in [4.78, 5) is 38.5. The highest BCUT2D eigenvalue weighted by molar-refractivity contribution is 6.31. The van der Waals surface area contributed by atoms with Gasteiger partial charge in [-0.2, -0.15) is 0 Å². The van der Waals surface area contributed by atoms with E-state index in [1.165, 1.54) is 17.0 Å². The van der Waals surface area contributed by atoms with Gasteiger partial charge < -0.3 is 15.0 Å². The predicted molar refractivity (Wildman–Crippen MR) is 114 cm³/mol. The van der Waals surface area contributed by atoms with E-state index < -0.39 is 17.8 Å². The molecular formula is C23H21ClFN3O4. The van der Waals surface area contributed by atoms with Gasteiger partial charge in [0.2, 0.25) is 11.8 Å². The Balaban J connectivity index is 1.46. The van der Waals surface area contributed by atoms with Crippen molar-refractivity contribution in [3.8, 4) is 5.75 Å². The van der Waals surface area contributed by atoms with Crippen LogP contribution in [0.1, 0.15) is 51.8 Å². The molecule has 166 valence electrons. The summed E-state index contributed by atoms with van der Waals surface area (Å²) < 4.78 is 19.1. The Hall–Kier alpha value is -2.97. The monoisotopic (exact) mass is 457 g/mol. The van der Waals surface area contributed by atoms with E-state index in [9.17, 15) is 18.8 Å². The Bertz CT molecular complexity index is 1150. The van der Waals surface area contributed by atoms with Crippen molar-refractivity contribution in [2.75, 3.05) is 13.7 Å². The van der Waals surface area contributed by atoms with Crippen LogP contribution in [0.5, 0.6) is 5.75 Å². The van der Waals surface area contributed by atoms with Gasteiger partial charge in [0.25, 0.3) is 5.91 Å². The van der Waals surface area contributed by atoms with Gasteiger partial charge in [-0.05, 0) is 41.8 Å². The Labute approximate surface area is 188 Å². The first-order valence-corrected chi connectivity index (χ1v) is 10.8. The molecule has 3 atom stereocenters. The van der Waals surface area contributed by atoms with E-state index in [0.717, 1.165) is 16.7 Å². The first-order chi connectivity index (χ1) is 15.4. The Morgan fingerprint density at radius 1 is 1.16 bits per heavy atom. The van der Waals surface area contributed by atoms with Crippen LogP contribution in [0.25, 0.3) is 0 Å². The maximum absolute atomic E-state index is 13.5. The van der Waals surface area contributed by atoms with Crippen molar-refractivity contribution in [1.29, 1.82) is 0 Å². The van der Waals surface area contributed by atoms with E-state index in [4.69, 9.17) is 16.3 Å². The molecule has 3 heterocycles. The van der Waals surface area contributed by atoms with Gasteiger partial charge in [-0.15, -0.1) is 0 Å². The Morgan fingerprint density at radius 2 is 1.97 bits per heavy atom. The molecule has 0 aliphatic carbocycles. The topological polar surface area (TPSA) is 87.7 Å². The maximum atomic E-state index is 13.5. The van der Waals surface area contributed by atoms with E-state index in [-0.39, 0.29) is 36.7 Å².